The number of nitrogens with one attached hydrogen (secondary N) is 2. The lowest BCUT2D eigenvalue weighted by molar-refractivity contribution is -0.119. The van der Waals surface area contributed by atoms with Crippen LogP contribution >= 0.6 is 27.7 Å². The minimum absolute atomic E-state index is 0.0169. The molecule has 0 bridgehead atoms. The van der Waals surface area contributed by atoms with Crippen LogP contribution in [0.5, 0.6) is 0 Å². The lowest BCUT2D eigenvalue weighted by atomic mass is 10.0. The Labute approximate surface area is 162 Å². The molecule has 1 aliphatic heterocycles. The van der Waals surface area contributed by atoms with Crippen LogP contribution in [-0.2, 0) is 9.59 Å². The van der Waals surface area contributed by atoms with Gasteiger partial charge in [0.25, 0.3) is 0 Å². The zero-order valence-electron chi connectivity index (χ0n) is 14.8. The highest BCUT2D eigenvalue weighted by molar-refractivity contribution is 9.10. The highest BCUT2D eigenvalue weighted by atomic mass is 79.9. The Bertz CT molecular complexity index is 589. The van der Waals surface area contributed by atoms with Crippen molar-refractivity contribution >= 4 is 45.2 Å². The van der Waals surface area contributed by atoms with Gasteiger partial charge < -0.3 is 15.5 Å². The number of halogens is 1. The number of rotatable bonds is 7. The predicted octanol–water partition coefficient (Wildman–Crippen LogP) is 3.11. The molecule has 138 valence electrons. The van der Waals surface area contributed by atoms with Crippen LogP contribution in [0.1, 0.15) is 26.7 Å². The van der Waals surface area contributed by atoms with E-state index in [1.54, 1.807) is 0 Å². The summed E-state index contributed by atoms with van der Waals surface area (Å²) in [5, 5.41) is 5.91. The highest BCUT2D eigenvalue weighted by Crippen LogP contribution is 2.16. The Hall–Kier alpha value is -1.05. The SMILES string of the molecule is CC(C)N1CCC(NC(=O)CSCC(=O)Nc2cccc(Br)c2)CC1. The van der Waals surface area contributed by atoms with E-state index in [0.717, 1.165) is 36.1 Å². The van der Waals surface area contributed by atoms with E-state index in [4.69, 9.17) is 0 Å². The summed E-state index contributed by atoms with van der Waals surface area (Å²) in [7, 11) is 0. The molecule has 1 aliphatic rings. The molecule has 1 saturated heterocycles. The zero-order valence-corrected chi connectivity index (χ0v) is 17.2. The molecule has 0 atom stereocenters. The molecule has 1 aromatic rings. The van der Waals surface area contributed by atoms with E-state index in [0.29, 0.717) is 11.8 Å². The second-order valence-corrected chi connectivity index (χ2v) is 8.42. The fourth-order valence-electron chi connectivity index (χ4n) is 2.83. The minimum atomic E-state index is -0.0962. The van der Waals surface area contributed by atoms with Crippen LogP contribution < -0.4 is 10.6 Å². The van der Waals surface area contributed by atoms with Gasteiger partial charge in [0.2, 0.25) is 11.8 Å². The maximum atomic E-state index is 12.0. The Morgan fingerprint density at radius 3 is 2.56 bits per heavy atom. The number of benzene rings is 1. The number of carbonyl (C=O) groups is 2. The summed E-state index contributed by atoms with van der Waals surface area (Å²) in [6.07, 6.45) is 2.00. The molecule has 5 nitrogen and oxygen atoms in total. The Morgan fingerprint density at radius 1 is 1.24 bits per heavy atom. The first-order valence-corrected chi connectivity index (χ1v) is 10.6. The van der Waals surface area contributed by atoms with Gasteiger partial charge in [-0.15, -0.1) is 11.8 Å². The van der Waals surface area contributed by atoms with Gasteiger partial charge >= 0.3 is 0 Å². The molecule has 0 saturated carbocycles. The number of piperidine rings is 1. The van der Waals surface area contributed by atoms with Gasteiger partial charge in [-0.05, 0) is 44.9 Å². The summed E-state index contributed by atoms with van der Waals surface area (Å²) in [5.74, 6) is 0.506. The summed E-state index contributed by atoms with van der Waals surface area (Å²) < 4.78 is 0.917. The summed E-state index contributed by atoms with van der Waals surface area (Å²) in [5.41, 5.74) is 0.751. The van der Waals surface area contributed by atoms with Crippen molar-refractivity contribution in [1.29, 1.82) is 0 Å². The largest absolute Gasteiger partial charge is 0.353 e. The van der Waals surface area contributed by atoms with E-state index >= 15 is 0 Å². The fraction of sp³-hybridized carbons (Fsp3) is 0.556. The molecule has 0 spiro atoms. The first kappa shape index (κ1) is 20.3. The Balaban J connectivity index is 1.61. The average Bonchev–Trinajstić information content (AvgIpc) is 2.55. The van der Waals surface area contributed by atoms with Crippen LogP contribution in [0.4, 0.5) is 5.69 Å². The predicted molar refractivity (Wildman–Crippen MR) is 108 cm³/mol. The number of hydrogen-bond acceptors (Lipinski definition) is 4. The second-order valence-electron chi connectivity index (χ2n) is 6.52. The molecule has 2 rings (SSSR count). The van der Waals surface area contributed by atoms with Gasteiger partial charge in [-0.2, -0.15) is 0 Å². The first-order chi connectivity index (χ1) is 11.9. The molecule has 25 heavy (non-hydrogen) atoms. The number of thioether (sulfide) groups is 1. The van der Waals surface area contributed by atoms with Crippen molar-refractivity contribution < 1.29 is 9.59 Å². The van der Waals surface area contributed by atoms with E-state index in [2.05, 4.69) is 45.3 Å². The first-order valence-electron chi connectivity index (χ1n) is 8.60. The van der Waals surface area contributed by atoms with Gasteiger partial charge in [0.05, 0.1) is 11.5 Å². The van der Waals surface area contributed by atoms with Crippen LogP contribution in [0.3, 0.4) is 0 Å². The van der Waals surface area contributed by atoms with E-state index < -0.39 is 0 Å². The molecule has 2 amide bonds. The lowest BCUT2D eigenvalue weighted by Gasteiger charge is -2.34. The van der Waals surface area contributed by atoms with Crippen molar-refractivity contribution in [2.45, 2.75) is 38.8 Å². The number of amides is 2. The average molecular weight is 428 g/mol. The third-order valence-electron chi connectivity index (χ3n) is 4.20. The molecular weight excluding hydrogens is 402 g/mol. The molecule has 0 aliphatic carbocycles. The van der Waals surface area contributed by atoms with Crippen molar-refractivity contribution in [3.8, 4) is 0 Å². The standard InChI is InChI=1S/C18H26BrN3O2S/c1-13(2)22-8-6-15(7-9-22)20-17(23)11-25-12-18(24)21-16-5-3-4-14(19)10-16/h3-5,10,13,15H,6-9,11-12H2,1-2H3,(H,20,23)(H,21,24). The zero-order chi connectivity index (χ0) is 18.2. The third-order valence-corrected chi connectivity index (χ3v) is 5.63. The van der Waals surface area contributed by atoms with Crippen LogP contribution in [0.15, 0.2) is 28.7 Å². The normalized spacial score (nSPS) is 16.0. The van der Waals surface area contributed by atoms with Crippen molar-refractivity contribution in [1.82, 2.24) is 10.2 Å². The van der Waals surface area contributed by atoms with Crippen LogP contribution in [0.2, 0.25) is 0 Å². The van der Waals surface area contributed by atoms with Gasteiger partial charge in [-0.25, -0.2) is 0 Å². The molecule has 2 N–H and O–H groups in total. The molecule has 0 unspecified atom stereocenters. The molecule has 1 aromatic carbocycles. The second kappa shape index (κ2) is 10.2. The smallest absolute Gasteiger partial charge is 0.234 e. The molecule has 1 heterocycles. The quantitative estimate of drug-likeness (QED) is 0.701. The molecule has 1 fully saturated rings. The van der Waals surface area contributed by atoms with E-state index in [-0.39, 0.29) is 23.6 Å². The number of hydrogen-bond donors (Lipinski definition) is 2. The lowest BCUT2D eigenvalue weighted by Crippen LogP contribution is -2.47. The number of carbonyl (C=O) groups excluding carboxylic acids is 2. The van der Waals surface area contributed by atoms with Crippen LogP contribution in [0.25, 0.3) is 0 Å². The molecule has 7 heteroatoms. The Kier molecular flexibility index (Phi) is 8.26. The molecule has 0 aromatic heterocycles. The van der Waals surface area contributed by atoms with Crippen molar-refractivity contribution in [2.75, 3.05) is 29.9 Å². The van der Waals surface area contributed by atoms with Gasteiger partial charge in [0, 0.05) is 35.3 Å². The molecular formula is C18H26BrN3O2S. The summed E-state index contributed by atoms with van der Waals surface area (Å²) in [6, 6.07) is 8.28. The van der Waals surface area contributed by atoms with Crippen molar-refractivity contribution in [3.63, 3.8) is 0 Å². The van der Waals surface area contributed by atoms with Gasteiger partial charge in [-0.1, -0.05) is 22.0 Å². The summed E-state index contributed by atoms with van der Waals surface area (Å²) >= 11 is 4.71. The van der Waals surface area contributed by atoms with Gasteiger partial charge in [-0.3, -0.25) is 9.59 Å². The van der Waals surface area contributed by atoms with Crippen LogP contribution in [-0.4, -0.2) is 53.4 Å². The van der Waals surface area contributed by atoms with Gasteiger partial charge in [0.1, 0.15) is 0 Å². The third kappa shape index (κ3) is 7.38. The summed E-state index contributed by atoms with van der Waals surface area (Å²) in [4.78, 5) is 26.4. The maximum absolute atomic E-state index is 12.0. The minimum Gasteiger partial charge on any atom is -0.353 e. The maximum Gasteiger partial charge on any atom is 0.234 e. The number of likely N-dealkylation sites (tertiary alicyclic amines) is 1. The summed E-state index contributed by atoms with van der Waals surface area (Å²) in [6.45, 7) is 6.47. The van der Waals surface area contributed by atoms with E-state index in [1.807, 2.05) is 24.3 Å². The number of nitrogens with zero attached hydrogens (tertiary/aromatic N) is 1. The highest BCUT2D eigenvalue weighted by Gasteiger charge is 2.21. The topological polar surface area (TPSA) is 61.4 Å². The van der Waals surface area contributed by atoms with Crippen molar-refractivity contribution in [3.05, 3.63) is 28.7 Å². The molecule has 0 radical (unpaired) electrons. The number of anilines is 1. The van der Waals surface area contributed by atoms with E-state index in [9.17, 15) is 9.59 Å². The fourth-order valence-corrected chi connectivity index (χ4v) is 3.86. The van der Waals surface area contributed by atoms with Crippen LogP contribution in [0, 0.1) is 0 Å². The van der Waals surface area contributed by atoms with E-state index in [1.165, 1.54) is 11.8 Å². The van der Waals surface area contributed by atoms with Gasteiger partial charge in [0.15, 0.2) is 0 Å². The monoisotopic (exact) mass is 427 g/mol. The van der Waals surface area contributed by atoms with Crippen molar-refractivity contribution in [2.24, 2.45) is 0 Å². The Morgan fingerprint density at radius 2 is 1.92 bits per heavy atom.